The Morgan fingerprint density at radius 2 is 1.32 bits per heavy atom. The van der Waals surface area contributed by atoms with Gasteiger partial charge in [0, 0.05) is 54.3 Å². The van der Waals surface area contributed by atoms with Crippen LogP contribution in [0.2, 0.25) is 0 Å². The molecule has 37 heavy (non-hydrogen) atoms. The molecule has 1 saturated heterocycles. The number of rotatable bonds is 14. The molecule has 1 aliphatic heterocycles. The van der Waals surface area contributed by atoms with Gasteiger partial charge in [-0.25, -0.2) is 0 Å². The molecule has 2 N–H and O–H groups in total. The average molecular weight is 529 g/mol. The van der Waals surface area contributed by atoms with Gasteiger partial charge < -0.3 is 19.9 Å². The Balaban J connectivity index is 2.16. The van der Waals surface area contributed by atoms with Crippen LogP contribution in [0.25, 0.3) is 0 Å². The van der Waals surface area contributed by atoms with E-state index in [0.717, 1.165) is 38.5 Å². The van der Waals surface area contributed by atoms with Crippen LogP contribution in [-0.4, -0.2) is 66.8 Å². The van der Waals surface area contributed by atoms with Gasteiger partial charge in [0.2, 0.25) is 0 Å². The first-order valence-electron chi connectivity index (χ1n) is 14.2. The van der Waals surface area contributed by atoms with Crippen LogP contribution in [-0.2, 0) is 19.1 Å². The molecule has 0 bridgehead atoms. The summed E-state index contributed by atoms with van der Waals surface area (Å²) < 4.78 is 11.3. The Morgan fingerprint density at radius 1 is 0.892 bits per heavy atom. The molecule has 0 aliphatic carbocycles. The predicted molar refractivity (Wildman–Crippen MR) is 145 cm³/mol. The quantitative estimate of drug-likeness (QED) is 0.147. The lowest BCUT2D eigenvalue weighted by molar-refractivity contribution is -0.259. The minimum atomic E-state index is -0.505. The third-order valence-corrected chi connectivity index (χ3v) is 7.24. The van der Waals surface area contributed by atoms with Gasteiger partial charge in [-0.3, -0.25) is 9.59 Å². The molecule has 1 rings (SSSR count). The zero-order valence-corrected chi connectivity index (χ0v) is 25.4. The number of carbonyl (C=O) groups is 2. The summed E-state index contributed by atoms with van der Waals surface area (Å²) >= 11 is 0. The van der Waals surface area contributed by atoms with E-state index in [1.54, 1.807) is 0 Å². The standard InChI is InChI=1S/C29H56N2O6/c1-22(19-27(5,6)30(34)26(2,3)4)36-24(32)17-15-13-11-12-14-16-18-25(33)37-23-20-28(7,8)31(35)29(9,10)21-23/h22-23,34-35H,11-21H2,1-10H3. The van der Waals surface area contributed by atoms with Crippen molar-refractivity contribution in [3.63, 3.8) is 0 Å². The maximum absolute atomic E-state index is 12.3. The monoisotopic (exact) mass is 528 g/mol. The highest BCUT2D eigenvalue weighted by atomic mass is 16.6. The van der Waals surface area contributed by atoms with E-state index in [0.29, 0.717) is 32.1 Å². The number of piperidine rings is 1. The van der Waals surface area contributed by atoms with Crippen molar-refractivity contribution < 1.29 is 29.5 Å². The van der Waals surface area contributed by atoms with E-state index in [4.69, 9.17) is 9.47 Å². The van der Waals surface area contributed by atoms with E-state index in [2.05, 4.69) is 0 Å². The van der Waals surface area contributed by atoms with Gasteiger partial charge in [0.05, 0.1) is 0 Å². The van der Waals surface area contributed by atoms with Gasteiger partial charge >= 0.3 is 11.9 Å². The van der Waals surface area contributed by atoms with Crippen LogP contribution >= 0.6 is 0 Å². The average Bonchev–Trinajstić information content (AvgIpc) is 2.71. The number of hydroxylamine groups is 4. The number of hydrogen-bond acceptors (Lipinski definition) is 8. The molecular formula is C29H56N2O6. The molecule has 0 radical (unpaired) electrons. The first-order chi connectivity index (χ1) is 16.8. The molecule has 0 aromatic heterocycles. The van der Waals surface area contributed by atoms with E-state index in [1.165, 1.54) is 10.1 Å². The van der Waals surface area contributed by atoms with Crippen molar-refractivity contribution in [1.82, 2.24) is 10.1 Å². The summed E-state index contributed by atoms with van der Waals surface area (Å²) in [6.45, 7) is 19.5. The molecule has 8 nitrogen and oxygen atoms in total. The molecule has 1 atom stereocenters. The van der Waals surface area contributed by atoms with Gasteiger partial charge in [0.15, 0.2) is 0 Å². The fraction of sp³-hybridized carbons (Fsp3) is 0.931. The van der Waals surface area contributed by atoms with Gasteiger partial charge in [-0.1, -0.05) is 25.7 Å². The summed E-state index contributed by atoms with van der Waals surface area (Å²) in [6.07, 6.45) is 7.72. The lowest BCUT2D eigenvalue weighted by Crippen LogP contribution is -2.60. The van der Waals surface area contributed by atoms with Gasteiger partial charge in [0.25, 0.3) is 0 Å². The van der Waals surface area contributed by atoms with E-state index in [9.17, 15) is 20.0 Å². The van der Waals surface area contributed by atoms with E-state index >= 15 is 0 Å². The number of carbonyl (C=O) groups excluding carboxylic acids is 2. The predicted octanol–water partition coefficient (Wildman–Crippen LogP) is 6.65. The molecule has 0 saturated carbocycles. The first-order valence-corrected chi connectivity index (χ1v) is 14.2. The Kier molecular flexibility index (Phi) is 12.5. The van der Waals surface area contributed by atoms with Crippen LogP contribution < -0.4 is 0 Å². The largest absolute Gasteiger partial charge is 0.463 e. The maximum atomic E-state index is 12.3. The van der Waals surface area contributed by atoms with Crippen molar-refractivity contribution in [3.05, 3.63) is 0 Å². The molecule has 218 valence electrons. The number of unbranched alkanes of at least 4 members (excludes halogenated alkanes) is 5. The van der Waals surface area contributed by atoms with Gasteiger partial charge in [-0.15, -0.1) is 0 Å². The zero-order chi connectivity index (χ0) is 28.7. The highest BCUT2D eigenvalue weighted by Gasteiger charge is 2.46. The second-order valence-corrected chi connectivity index (χ2v) is 13.9. The maximum Gasteiger partial charge on any atom is 0.306 e. The van der Waals surface area contributed by atoms with Crippen molar-refractivity contribution in [1.29, 1.82) is 0 Å². The van der Waals surface area contributed by atoms with Crippen molar-refractivity contribution in [2.24, 2.45) is 0 Å². The fourth-order valence-corrected chi connectivity index (χ4v) is 5.78. The minimum Gasteiger partial charge on any atom is -0.463 e. The number of esters is 2. The first kappa shape index (κ1) is 33.8. The third kappa shape index (κ3) is 11.6. The second-order valence-electron chi connectivity index (χ2n) is 13.9. The summed E-state index contributed by atoms with van der Waals surface area (Å²) in [5, 5.41) is 23.6. The minimum absolute atomic E-state index is 0.158. The highest BCUT2D eigenvalue weighted by Crippen LogP contribution is 2.38. The van der Waals surface area contributed by atoms with Crippen LogP contribution in [0.1, 0.15) is 140 Å². The lowest BCUT2D eigenvalue weighted by atomic mass is 9.80. The highest BCUT2D eigenvalue weighted by molar-refractivity contribution is 5.69. The molecule has 1 aliphatic rings. The van der Waals surface area contributed by atoms with Crippen LogP contribution in [0, 0.1) is 0 Å². The topological polar surface area (TPSA) is 99.5 Å². The number of hydrogen-bond donors (Lipinski definition) is 2. The van der Waals surface area contributed by atoms with Crippen molar-refractivity contribution >= 4 is 11.9 Å². The van der Waals surface area contributed by atoms with Crippen LogP contribution in [0.3, 0.4) is 0 Å². The van der Waals surface area contributed by atoms with Crippen LogP contribution in [0.5, 0.6) is 0 Å². The molecule has 8 heteroatoms. The molecule has 1 fully saturated rings. The molecule has 0 spiro atoms. The van der Waals surface area contributed by atoms with Crippen LogP contribution in [0.4, 0.5) is 0 Å². The van der Waals surface area contributed by atoms with Gasteiger partial charge in [-0.2, -0.15) is 10.1 Å². The fourth-order valence-electron chi connectivity index (χ4n) is 5.78. The van der Waals surface area contributed by atoms with Gasteiger partial charge in [-0.05, 0) is 82.1 Å². The van der Waals surface area contributed by atoms with Crippen molar-refractivity contribution in [2.75, 3.05) is 0 Å². The van der Waals surface area contributed by atoms with Crippen molar-refractivity contribution in [3.8, 4) is 0 Å². The summed E-state index contributed by atoms with van der Waals surface area (Å²) in [4.78, 5) is 24.5. The van der Waals surface area contributed by atoms with Crippen molar-refractivity contribution in [2.45, 2.75) is 174 Å². The molecule has 0 aromatic carbocycles. The Hall–Kier alpha value is -1.22. The van der Waals surface area contributed by atoms with E-state index < -0.39 is 16.6 Å². The van der Waals surface area contributed by atoms with E-state index in [1.807, 2.05) is 69.2 Å². The SMILES string of the molecule is CC(CC(C)(C)N(O)C(C)(C)C)OC(=O)CCCCCCCCC(=O)OC1CC(C)(C)N(O)C(C)(C)C1. The Morgan fingerprint density at radius 3 is 1.78 bits per heavy atom. The third-order valence-electron chi connectivity index (χ3n) is 7.24. The molecule has 1 unspecified atom stereocenters. The number of ether oxygens (including phenoxy) is 2. The molecule has 0 amide bonds. The summed E-state index contributed by atoms with van der Waals surface area (Å²) in [7, 11) is 0. The molecule has 1 heterocycles. The van der Waals surface area contributed by atoms with E-state index in [-0.39, 0.29) is 29.7 Å². The van der Waals surface area contributed by atoms with Gasteiger partial charge in [0.1, 0.15) is 12.2 Å². The van der Waals surface area contributed by atoms with Crippen LogP contribution in [0.15, 0.2) is 0 Å². The lowest BCUT2D eigenvalue weighted by Gasteiger charge is -2.50. The summed E-state index contributed by atoms with van der Waals surface area (Å²) in [5.41, 5.74) is -1.75. The molecule has 0 aromatic rings. The number of nitrogens with zero attached hydrogens (tertiary/aromatic N) is 2. The molecular weight excluding hydrogens is 472 g/mol. The second kappa shape index (κ2) is 13.7. The Labute approximate surface area is 226 Å². The summed E-state index contributed by atoms with van der Waals surface area (Å²) in [6, 6.07) is 0. The zero-order valence-electron chi connectivity index (χ0n) is 25.4. The smallest absolute Gasteiger partial charge is 0.306 e. The Bertz CT molecular complexity index is 710. The summed E-state index contributed by atoms with van der Waals surface area (Å²) in [5.74, 6) is -0.348. The normalized spacial score (nSPS) is 19.6.